The number of para-hydroxylation sites is 1. The molecule has 6 aromatic rings. The van der Waals surface area contributed by atoms with Crippen molar-refractivity contribution < 1.29 is 0 Å². The van der Waals surface area contributed by atoms with Crippen molar-refractivity contribution in [3.8, 4) is 23.0 Å². The van der Waals surface area contributed by atoms with Gasteiger partial charge in [-0.15, -0.1) is 0 Å². The molecular formula is C29H22N8O. The molecule has 0 aliphatic rings. The number of benzene rings is 3. The van der Waals surface area contributed by atoms with Crippen LogP contribution >= 0.6 is 0 Å². The number of nitrogens with two attached hydrogens (primary N) is 1. The zero-order chi connectivity index (χ0) is 26.4. The minimum absolute atomic E-state index is 0.148. The van der Waals surface area contributed by atoms with E-state index in [1.807, 2.05) is 62.4 Å². The van der Waals surface area contributed by atoms with E-state index in [2.05, 4.69) is 16.0 Å². The van der Waals surface area contributed by atoms with Crippen LogP contribution in [0.25, 0.3) is 38.9 Å². The fourth-order valence-corrected chi connectivity index (χ4v) is 4.82. The lowest BCUT2D eigenvalue weighted by Gasteiger charge is -2.16. The number of nitrogen functional groups attached to an aromatic ring is 1. The Morgan fingerprint density at radius 1 is 0.947 bits per heavy atom. The average molecular weight is 499 g/mol. The molecular weight excluding hydrogens is 476 g/mol. The van der Waals surface area contributed by atoms with Gasteiger partial charge < -0.3 is 5.73 Å². The number of hydrogen-bond donors (Lipinski definition) is 1. The Bertz CT molecular complexity index is 1980. The lowest BCUT2D eigenvalue weighted by Crippen LogP contribution is -2.26. The van der Waals surface area contributed by atoms with E-state index in [0.29, 0.717) is 44.6 Å². The van der Waals surface area contributed by atoms with Crippen molar-refractivity contribution in [1.29, 1.82) is 5.26 Å². The monoisotopic (exact) mass is 498 g/mol. The van der Waals surface area contributed by atoms with E-state index in [-0.39, 0.29) is 17.9 Å². The van der Waals surface area contributed by atoms with Crippen molar-refractivity contribution in [1.82, 2.24) is 29.3 Å². The quantitative estimate of drug-likeness (QED) is 0.383. The van der Waals surface area contributed by atoms with Crippen LogP contribution in [0, 0.1) is 25.2 Å². The summed E-state index contributed by atoms with van der Waals surface area (Å²) in [5.74, 6) is 0.776. The summed E-state index contributed by atoms with van der Waals surface area (Å²) in [7, 11) is 0. The van der Waals surface area contributed by atoms with Crippen LogP contribution in [-0.4, -0.2) is 29.3 Å². The van der Waals surface area contributed by atoms with Gasteiger partial charge in [0.05, 0.1) is 33.6 Å². The summed E-state index contributed by atoms with van der Waals surface area (Å²) in [6.45, 7) is 4.03. The van der Waals surface area contributed by atoms with Crippen LogP contribution in [0.15, 0.2) is 77.9 Å². The lowest BCUT2D eigenvalue weighted by molar-refractivity contribution is 0.650. The maximum atomic E-state index is 13.9. The zero-order valence-electron chi connectivity index (χ0n) is 20.8. The van der Waals surface area contributed by atoms with Crippen molar-refractivity contribution in [2.45, 2.75) is 20.4 Å². The zero-order valence-corrected chi connectivity index (χ0v) is 20.8. The first-order valence-electron chi connectivity index (χ1n) is 12.0. The molecule has 184 valence electrons. The van der Waals surface area contributed by atoms with Gasteiger partial charge in [-0.1, -0.05) is 42.5 Å². The van der Waals surface area contributed by atoms with Crippen LogP contribution in [-0.2, 0) is 6.54 Å². The molecule has 0 spiro atoms. The molecule has 9 nitrogen and oxygen atoms in total. The van der Waals surface area contributed by atoms with Gasteiger partial charge in [-0.05, 0) is 49.2 Å². The minimum atomic E-state index is -0.148. The average Bonchev–Trinajstić information content (AvgIpc) is 3.29. The summed E-state index contributed by atoms with van der Waals surface area (Å²) < 4.78 is 3.33. The van der Waals surface area contributed by atoms with E-state index >= 15 is 0 Å². The highest BCUT2D eigenvalue weighted by molar-refractivity contribution is 5.98. The van der Waals surface area contributed by atoms with Gasteiger partial charge in [0, 0.05) is 5.56 Å². The van der Waals surface area contributed by atoms with E-state index in [1.54, 1.807) is 27.4 Å². The summed E-state index contributed by atoms with van der Waals surface area (Å²) in [6, 6.07) is 22.6. The minimum Gasteiger partial charge on any atom is -0.383 e. The highest BCUT2D eigenvalue weighted by atomic mass is 16.1. The predicted molar refractivity (Wildman–Crippen MR) is 146 cm³/mol. The fraction of sp³-hybridized carbons (Fsp3) is 0.103. The highest BCUT2D eigenvalue weighted by Gasteiger charge is 2.21. The van der Waals surface area contributed by atoms with E-state index in [4.69, 9.17) is 15.8 Å². The second-order valence-corrected chi connectivity index (χ2v) is 9.08. The largest absolute Gasteiger partial charge is 0.383 e. The fourth-order valence-electron chi connectivity index (χ4n) is 4.82. The number of anilines is 1. The standard InChI is InChI=1S/C29H22N8O/c1-17-7-3-4-12-22(17)37-23(34-21-11-5-8-18(2)24(21)29(37)38)15-36-28-25(27(31)32-16-33-28)26(35-36)20-10-6-9-19(13-20)14-30/h3-13,16H,15H2,1-2H3,(H2,31,32,33). The van der Waals surface area contributed by atoms with Crippen LogP contribution in [0.3, 0.4) is 0 Å². The maximum absolute atomic E-state index is 13.9. The van der Waals surface area contributed by atoms with Crippen molar-refractivity contribution >= 4 is 27.8 Å². The third-order valence-electron chi connectivity index (χ3n) is 6.65. The van der Waals surface area contributed by atoms with Gasteiger partial charge in [0.1, 0.15) is 30.2 Å². The molecule has 0 amide bonds. The number of aryl methyl sites for hydroxylation is 2. The summed E-state index contributed by atoms with van der Waals surface area (Å²) in [6.07, 6.45) is 1.39. The van der Waals surface area contributed by atoms with E-state index in [9.17, 15) is 10.1 Å². The highest BCUT2D eigenvalue weighted by Crippen LogP contribution is 2.31. The van der Waals surface area contributed by atoms with Gasteiger partial charge >= 0.3 is 0 Å². The van der Waals surface area contributed by atoms with Gasteiger partial charge in [0.2, 0.25) is 0 Å². The molecule has 9 heteroatoms. The van der Waals surface area contributed by atoms with Crippen molar-refractivity contribution in [2.75, 3.05) is 5.73 Å². The number of nitrogens with zero attached hydrogens (tertiary/aromatic N) is 7. The molecule has 38 heavy (non-hydrogen) atoms. The van der Waals surface area contributed by atoms with Crippen molar-refractivity contribution in [2.24, 2.45) is 0 Å². The van der Waals surface area contributed by atoms with Crippen LogP contribution in [0.1, 0.15) is 22.5 Å². The normalized spacial score (nSPS) is 11.2. The molecule has 3 aromatic carbocycles. The summed E-state index contributed by atoms with van der Waals surface area (Å²) in [5, 5.41) is 15.4. The summed E-state index contributed by atoms with van der Waals surface area (Å²) in [4.78, 5) is 27.5. The molecule has 0 aliphatic heterocycles. The molecule has 2 N–H and O–H groups in total. The first-order valence-corrected chi connectivity index (χ1v) is 12.0. The summed E-state index contributed by atoms with van der Waals surface area (Å²) >= 11 is 0. The number of aromatic nitrogens is 6. The molecule has 3 heterocycles. The molecule has 0 bridgehead atoms. The molecule has 0 unspecified atom stereocenters. The van der Waals surface area contributed by atoms with Gasteiger partial charge in [0.25, 0.3) is 5.56 Å². The topological polar surface area (TPSA) is 128 Å². The van der Waals surface area contributed by atoms with Crippen LogP contribution in [0.5, 0.6) is 0 Å². The van der Waals surface area contributed by atoms with Crippen LogP contribution in [0.4, 0.5) is 5.82 Å². The van der Waals surface area contributed by atoms with Crippen LogP contribution in [0.2, 0.25) is 0 Å². The third-order valence-corrected chi connectivity index (χ3v) is 6.65. The molecule has 0 saturated carbocycles. The van der Waals surface area contributed by atoms with Crippen molar-refractivity contribution in [3.63, 3.8) is 0 Å². The molecule has 0 fully saturated rings. The second kappa shape index (κ2) is 8.94. The van der Waals surface area contributed by atoms with Gasteiger partial charge in [-0.25, -0.2) is 19.6 Å². The Balaban J connectivity index is 1.62. The van der Waals surface area contributed by atoms with E-state index in [0.717, 1.165) is 16.8 Å². The van der Waals surface area contributed by atoms with Crippen LogP contribution < -0.4 is 11.3 Å². The Labute approximate surface area is 217 Å². The Morgan fingerprint density at radius 2 is 1.74 bits per heavy atom. The number of fused-ring (bicyclic) bond motifs is 2. The Morgan fingerprint density at radius 3 is 2.55 bits per heavy atom. The number of nitriles is 1. The van der Waals surface area contributed by atoms with Gasteiger partial charge in [-0.3, -0.25) is 9.36 Å². The van der Waals surface area contributed by atoms with Gasteiger partial charge in [-0.2, -0.15) is 10.4 Å². The molecule has 0 atom stereocenters. The lowest BCUT2D eigenvalue weighted by atomic mass is 10.1. The maximum Gasteiger partial charge on any atom is 0.266 e. The number of rotatable bonds is 4. The predicted octanol–water partition coefficient (Wildman–Crippen LogP) is 4.31. The smallest absolute Gasteiger partial charge is 0.266 e. The van der Waals surface area contributed by atoms with Gasteiger partial charge in [0.15, 0.2) is 5.65 Å². The SMILES string of the molecule is Cc1ccccc1-n1c(Cn2nc(-c3cccc(C#N)c3)c3c(N)ncnc32)nc2cccc(C)c2c1=O. The van der Waals surface area contributed by atoms with E-state index in [1.165, 1.54) is 6.33 Å². The third kappa shape index (κ3) is 3.67. The van der Waals surface area contributed by atoms with E-state index < -0.39 is 0 Å². The molecule has 6 rings (SSSR count). The second-order valence-electron chi connectivity index (χ2n) is 9.08. The molecule has 0 aliphatic carbocycles. The van der Waals surface area contributed by atoms with Crippen molar-refractivity contribution in [3.05, 3.63) is 106 Å². The Kier molecular flexibility index (Phi) is 5.43. The summed E-state index contributed by atoms with van der Waals surface area (Å²) in [5.41, 5.74) is 11.6. The molecule has 0 radical (unpaired) electrons. The molecule has 0 saturated heterocycles. The first kappa shape index (κ1) is 23.1. The first-order chi connectivity index (χ1) is 18.5. The molecule has 3 aromatic heterocycles. The number of hydrogen-bond acceptors (Lipinski definition) is 7. The Hall–Kier alpha value is -5.36.